The minimum Gasteiger partial charge on any atom is -0.674 e. The lowest BCUT2D eigenvalue weighted by Gasteiger charge is -1.97. The summed E-state index contributed by atoms with van der Waals surface area (Å²) < 4.78 is 16.2. The molecule has 0 spiro atoms. The van der Waals surface area contributed by atoms with Gasteiger partial charge in [0.25, 0.3) is 0 Å². The Hall–Kier alpha value is -3.56. The van der Waals surface area contributed by atoms with E-state index in [1.165, 1.54) is 24.3 Å². The van der Waals surface area contributed by atoms with E-state index in [9.17, 15) is 4.79 Å². The average Bonchev–Trinajstić information content (AvgIpc) is 2.74. The van der Waals surface area contributed by atoms with Crippen LogP contribution in [-0.2, 0) is 14.0 Å². The highest BCUT2D eigenvalue weighted by Crippen LogP contribution is 2.11. The molecular formula is C19H21N3O7P-. The van der Waals surface area contributed by atoms with Crippen LogP contribution < -0.4 is 26.4 Å². The van der Waals surface area contributed by atoms with E-state index in [1.807, 2.05) is 12.1 Å². The highest BCUT2D eigenvalue weighted by atomic mass is 31.1. The van der Waals surface area contributed by atoms with Gasteiger partial charge in [0.05, 0.1) is 12.8 Å². The first-order valence-electron chi connectivity index (χ1n) is 8.05. The number of hydrogen-bond donors (Lipinski definition) is 4. The summed E-state index contributed by atoms with van der Waals surface area (Å²) in [5.74, 6) is 1.05. The standard InChI is InChI=1S/C7H9NO.C6H7NO.C6H5NO.HO4P/c1-9-7-4-2-6(8)3-5-7;2*7-5-1-3-6(8)4-2-5;1-4-5(2)3/h2-5H,8H2,1H3;1-4,8H,7H2;1-4,7H;1H/p-1. The fourth-order valence-electron chi connectivity index (χ4n) is 1.53. The van der Waals surface area contributed by atoms with Gasteiger partial charge < -0.3 is 36.9 Å². The van der Waals surface area contributed by atoms with Gasteiger partial charge in [0.2, 0.25) is 0 Å². The molecule has 3 rings (SSSR count). The molecule has 0 saturated heterocycles. The molecule has 0 amide bonds. The third-order valence-electron chi connectivity index (χ3n) is 2.92. The second-order valence-electron chi connectivity index (χ2n) is 5.19. The summed E-state index contributed by atoms with van der Waals surface area (Å²) in [4.78, 5) is 19.2. The van der Waals surface area contributed by atoms with E-state index >= 15 is 0 Å². The fourth-order valence-corrected chi connectivity index (χ4v) is 1.53. The third kappa shape index (κ3) is 14.5. The van der Waals surface area contributed by atoms with E-state index in [0.717, 1.165) is 11.4 Å². The number of carbonyl (C=O) groups excluding carboxylic acids is 1. The highest BCUT2D eigenvalue weighted by molar-refractivity contribution is 7.30. The quantitative estimate of drug-likeness (QED) is 0.134. The monoisotopic (exact) mass is 434 g/mol. The number of anilines is 2. The summed E-state index contributed by atoms with van der Waals surface area (Å²) >= 11 is 0. The van der Waals surface area contributed by atoms with Crippen LogP contribution in [-0.4, -0.2) is 23.7 Å². The van der Waals surface area contributed by atoms with Gasteiger partial charge in [0.15, 0.2) is 5.78 Å². The van der Waals surface area contributed by atoms with Crippen LogP contribution in [0.3, 0.4) is 0 Å². The van der Waals surface area contributed by atoms with Crippen molar-refractivity contribution >= 4 is 31.1 Å². The van der Waals surface area contributed by atoms with Crippen LogP contribution in [0.1, 0.15) is 0 Å². The Bertz CT molecular complexity index is 808. The van der Waals surface area contributed by atoms with Crippen molar-refractivity contribution in [1.82, 2.24) is 0 Å². The number of benzene rings is 2. The molecule has 6 N–H and O–H groups in total. The maximum absolute atomic E-state index is 10.3. The predicted octanol–water partition coefficient (Wildman–Crippen LogP) is 1.25. The maximum Gasteiger partial charge on any atom is 0.479 e. The van der Waals surface area contributed by atoms with Crippen molar-refractivity contribution in [3.8, 4) is 11.5 Å². The van der Waals surface area contributed by atoms with Crippen LogP contribution >= 0.6 is 8.25 Å². The molecule has 0 bridgehead atoms. The molecule has 160 valence electrons. The van der Waals surface area contributed by atoms with Crippen molar-refractivity contribution in [2.45, 2.75) is 0 Å². The number of phenols is 1. The second kappa shape index (κ2) is 15.4. The molecule has 0 aliphatic heterocycles. The lowest BCUT2D eigenvalue weighted by Crippen LogP contribution is -2.01. The molecule has 10 nitrogen and oxygen atoms in total. The number of nitrogens with one attached hydrogen (secondary N) is 1. The lowest BCUT2D eigenvalue weighted by molar-refractivity contribution is -0.644. The molecule has 2 aromatic carbocycles. The number of aromatic hydroxyl groups is 1. The first kappa shape index (κ1) is 26.4. The summed E-state index contributed by atoms with van der Waals surface area (Å²) in [5, 5.41) is 24.2. The summed E-state index contributed by atoms with van der Waals surface area (Å²) in [6, 6.07) is 13.7. The molecule has 0 heterocycles. The first-order chi connectivity index (χ1) is 14.2. The molecule has 0 saturated carbocycles. The first-order valence-corrected chi connectivity index (χ1v) is 9.14. The Balaban J connectivity index is 0.000000382. The van der Waals surface area contributed by atoms with Gasteiger partial charge in [0.1, 0.15) is 11.5 Å². The third-order valence-corrected chi connectivity index (χ3v) is 3.05. The Labute approximate surface area is 174 Å². The van der Waals surface area contributed by atoms with Gasteiger partial charge in [-0.15, -0.1) is 0 Å². The molecule has 1 atom stereocenters. The van der Waals surface area contributed by atoms with Gasteiger partial charge in [-0.05, 0) is 77.4 Å². The topological polar surface area (TPSA) is 195 Å². The molecule has 30 heavy (non-hydrogen) atoms. The Kier molecular flexibility index (Phi) is 13.5. The molecule has 11 heteroatoms. The maximum atomic E-state index is 10.3. The number of phenolic OH excluding ortho intramolecular Hbond substituents is 1. The van der Waals surface area contributed by atoms with Crippen molar-refractivity contribution in [3.05, 3.63) is 72.8 Å². The van der Waals surface area contributed by atoms with E-state index in [-0.39, 0.29) is 11.5 Å². The van der Waals surface area contributed by atoms with Gasteiger partial charge in [0, 0.05) is 11.4 Å². The molecule has 0 aromatic heterocycles. The number of nitrogens with two attached hydrogens (primary N) is 2. The van der Waals surface area contributed by atoms with Crippen LogP contribution in [0.2, 0.25) is 0 Å². The molecule has 2 aromatic rings. The molecule has 1 aliphatic rings. The zero-order valence-electron chi connectivity index (χ0n) is 15.9. The van der Waals surface area contributed by atoms with E-state index in [4.69, 9.17) is 41.4 Å². The van der Waals surface area contributed by atoms with Crippen molar-refractivity contribution < 1.29 is 34.0 Å². The Morgan fingerprint density at radius 2 is 1.33 bits per heavy atom. The average molecular weight is 434 g/mol. The zero-order chi connectivity index (χ0) is 22.9. The predicted molar refractivity (Wildman–Crippen MR) is 110 cm³/mol. The minimum absolute atomic E-state index is 0.0407. The van der Waals surface area contributed by atoms with Crippen LogP contribution in [0, 0.1) is 5.41 Å². The number of hydrogen-bond acceptors (Lipinski definition) is 10. The number of rotatable bonds is 2. The summed E-state index contributed by atoms with van der Waals surface area (Å²) in [6.07, 6.45) is 5.70. The van der Waals surface area contributed by atoms with Gasteiger partial charge in [-0.1, -0.05) is 0 Å². The van der Waals surface area contributed by atoms with Crippen molar-refractivity contribution in [1.29, 1.82) is 5.41 Å². The van der Waals surface area contributed by atoms with Gasteiger partial charge >= 0.3 is 8.25 Å². The molecule has 0 fully saturated rings. The van der Waals surface area contributed by atoms with Crippen molar-refractivity contribution in [3.63, 3.8) is 0 Å². The smallest absolute Gasteiger partial charge is 0.479 e. The summed E-state index contributed by atoms with van der Waals surface area (Å²) in [5.41, 5.74) is 12.5. The second-order valence-corrected chi connectivity index (χ2v) is 5.78. The highest BCUT2D eigenvalue weighted by Gasteiger charge is 1.94. The normalized spacial score (nSPS) is 11.6. The van der Waals surface area contributed by atoms with Gasteiger partial charge in [-0.25, -0.2) is 4.67 Å². The number of carbonyl (C=O) groups is 1. The zero-order valence-corrected chi connectivity index (χ0v) is 16.8. The van der Waals surface area contributed by atoms with Crippen LogP contribution in [0.15, 0.2) is 72.8 Å². The van der Waals surface area contributed by atoms with Crippen molar-refractivity contribution in [2.24, 2.45) is 0 Å². The molecule has 1 unspecified atom stereocenters. The van der Waals surface area contributed by atoms with E-state index in [0.29, 0.717) is 11.4 Å². The van der Waals surface area contributed by atoms with E-state index in [1.54, 1.807) is 43.5 Å². The van der Waals surface area contributed by atoms with Crippen molar-refractivity contribution in [2.75, 3.05) is 18.6 Å². The van der Waals surface area contributed by atoms with Crippen LogP contribution in [0.4, 0.5) is 11.4 Å². The lowest BCUT2D eigenvalue weighted by atomic mass is 10.2. The number of nitrogen functional groups attached to an aromatic ring is 2. The summed E-state index contributed by atoms with van der Waals surface area (Å²) in [7, 11) is -1.52. The molecule has 0 radical (unpaired) electrons. The largest absolute Gasteiger partial charge is 0.674 e. The fraction of sp³-hybridized carbons (Fsp3) is 0.0526. The SMILES string of the molecule is COc1ccc(N)cc1.N=C1C=CC(=O)C=C1.Nc1ccc(O)cc1.O=[P+]([O-])O[O-]. The van der Waals surface area contributed by atoms with Gasteiger partial charge in [-0.2, -0.15) is 0 Å². The van der Waals surface area contributed by atoms with Gasteiger partial charge in [-0.3, -0.25) is 4.79 Å². The number of methoxy groups -OCH3 is 1. The molecular weight excluding hydrogens is 413 g/mol. The number of ketones is 1. The summed E-state index contributed by atoms with van der Waals surface area (Å²) in [6.45, 7) is 0. The molecule has 1 aliphatic carbocycles. The van der Waals surface area contributed by atoms with Crippen LogP contribution in [0.5, 0.6) is 11.5 Å². The number of ether oxygens (including phenoxy) is 1. The Morgan fingerprint density at radius 1 is 0.933 bits per heavy atom. The minimum atomic E-state index is -3.15. The van der Waals surface area contributed by atoms with E-state index in [2.05, 4.69) is 4.67 Å². The van der Waals surface area contributed by atoms with Crippen LogP contribution in [0.25, 0.3) is 0 Å². The number of allylic oxidation sites excluding steroid dienone is 4. The Morgan fingerprint density at radius 3 is 1.63 bits per heavy atom. The van der Waals surface area contributed by atoms with E-state index < -0.39 is 8.25 Å².